The van der Waals surface area contributed by atoms with Crippen molar-refractivity contribution in [1.82, 2.24) is 5.01 Å². The molecule has 1 rings (SSSR count). The number of nitrogens with zero attached hydrogens (tertiary/aromatic N) is 2. The fourth-order valence-electron chi connectivity index (χ4n) is 0.887. The summed E-state index contributed by atoms with van der Waals surface area (Å²) in [4.78, 5) is 10.7. The van der Waals surface area contributed by atoms with Crippen molar-refractivity contribution in [2.45, 2.75) is 25.3 Å². The predicted octanol–water partition coefficient (Wildman–Crippen LogP) is 0.470. The first-order chi connectivity index (χ1) is 5.65. The molecule has 0 saturated carbocycles. The standard InChI is InChI=1S/C6H12N4OS/c1-2-3-4-9-10(5(7)11)6(8)12-4/h6H,2-3,8H2,1H3,(H2,7,11). The minimum Gasteiger partial charge on any atom is -0.350 e. The molecule has 1 heterocycles. The van der Waals surface area contributed by atoms with E-state index in [0.29, 0.717) is 0 Å². The van der Waals surface area contributed by atoms with Crippen molar-refractivity contribution in [3.05, 3.63) is 0 Å². The minimum absolute atomic E-state index is 0.441. The van der Waals surface area contributed by atoms with E-state index < -0.39 is 11.5 Å². The van der Waals surface area contributed by atoms with Gasteiger partial charge in [0, 0.05) is 0 Å². The number of urea groups is 1. The Morgan fingerprint density at radius 1 is 1.83 bits per heavy atom. The van der Waals surface area contributed by atoms with Gasteiger partial charge < -0.3 is 11.5 Å². The lowest BCUT2D eigenvalue weighted by molar-refractivity contribution is 0.208. The van der Waals surface area contributed by atoms with Crippen molar-refractivity contribution in [3.63, 3.8) is 0 Å². The summed E-state index contributed by atoms with van der Waals surface area (Å²) in [6.07, 6.45) is 1.84. The molecule has 1 aliphatic rings. The molecule has 1 unspecified atom stereocenters. The van der Waals surface area contributed by atoms with Gasteiger partial charge in [0.05, 0.1) is 5.04 Å². The van der Waals surface area contributed by atoms with Crippen LogP contribution in [0.2, 0.25) is 0 Å². The SMILES string of the molecule is CCCC1=NN(C(N)=O)C(N)S1. The molecular weight excluding hydrogens is 176 g/mol. The number of thioether (sulfide) groups is 1. The van der Waals surface area contributed by atoms with Crippen molar-refractivity contribution in [3.8, 4) is 0 Å². The lowest BCUT2D eigenvalue weighted by Crippen LogP contribution is -2.40. The third kappa shape index (κ3) is 1.89. The molecule has 0 aromatic carbocycles. The number of rotatable bonds is 2. The van der Waals surface area contributed by atoms with Crippen molar-refractivity contribution < 1.29 is 4.79 Å². The Labute approximate surface area is 75.1 Å². The van der Waals surface area contributed by atoms with E-state index in [9.17, 15) is 4.79 Å². The smallest absolute Gasteiger partial charge is 0.337 e. The summed E-state index contributed by atoms with van der Waals surface area (Å²) in [5, 5.41) is 5.96. The van der Waals surface area contributed by atoms with Crippen molar-refractivity contribution in [2.24, 2.45) is 16.6 Å². The average Bonchev–Trinajstić information content (AvgIpc) is 2.32. The van der Waals surface area contributed by atoms with Crippen LogP contribution in [0.4, 0.5) is 4.79 Å². The fraction of sp³-hybridized carbons (Fsp3) is 0.667. The third-order valence-corrected chi connectivity index (χ3v) is 2.41. The van der Waals surface area contributed by atoms with Crippen LogP contribution in [-0.4, -0.2) is 21.6 Å². The Morgan fingerprint density at radius 3 is 2.92 bits per heavy atom. The molecule has 0 spiro atoms. The monoisotopic (exact) mass is 188 g/mol. The van der Waals surface area contributed by atoms with Crippen LogP contribution in [0.25, 0.3) is 0 Å². The molecule has 5 nitrogen and oxygen atoms in total. The number of nitrogens with two attached hydrogens (primary N) is 2. The van der Waals surface area contributed by atoms with Gasteiger partial charge in [-0.25, -0.2) is 4.79 Å². The van der Waals surface area contributed by atoms with Gasteiger partial charge in [-0.1, -0.05) is 18.7 Å². The number of amides is 2. The molecule has 68 valence electrons. The van der Waals surface area contributed by atoms with Gasteiger partial charge in [0.1, 0.15) is 0 Å². The molecule has 0 aromatic heterocycles. The number of hydrogen-bond acceptors (Lipinski definition) is 4. The first kappa shape index (κ1) is 9.34. The zero-order chi connectivity index (χ0) is 9.14. The predicted molar refractivity (Wildman–Crippen MR) is 49.3 cm³/mol. The van der Waals surface area contributed by atoms with Gasteiger partial charge in [-0.3, -0.25) is 0 Å². The molecule has 4 N–H and O–H groups in total. The van der Waals surface area contributed by atoms with E-state index in [1.54, 1.807) is 0 Å². The van der Waals surface area contributed by atoms with Gasteiger partial charge in [0.25, 0.3) is 0 Å². The van der Waals surface area contributed by atoms with Gasteiger partial charge in [0.15, 0.2) is 5.50 Å². The van der Waals surface area contributed by atoms with Crippen molar-refractivity contribution in [2.75, 3.05) is 0 Å². The molecule has 0 aliphatic carbocycles. The Balaban J connectivity index is 2.60. The second-order valence-electron chi connectivity index (χ2n) is 2.43. The maximum atomic E-state index is 10.7. The van der Waals surface area contributed by atoms with Crippen LogP contribution in [0.3, 0.4) is 0 Å². The first-order valence-corrected chi connectivity index (χ1v) is 4.61. The third-order valence-electron chi connectivity index (χ3n) is 1.41. The summed E-state index contributed by atoms with van der Waals surface area (Å²) < 4.78 is 0. The molecule has 1 atom stereocenters. The topological polar surface area (TPSA) is 84.7 Å². The summed E-state index contributed by atoms with van der Waals surface area (Å²) >= 11 is 1.38. The van der Waals surface area contributed by atoms with Crippen molar-refractivity contribution in [1.29, 1.82) is 0 Å². The Morgan fingerprint density at radius 2 is 2.50 bits per heavy atom. The Hall–Kier alpha value is -0.750. The molecule has 0 bridgehead atoms. The second-order valence-corrected chi connectivity index (χ2v) is 3.62. The summed E-state index contributed by atoms with van der Waals surface area (Å²) in [5.74, 6) is 0. The summed E-state index contributed by atoms with van der Waals surface area (Å²) in [7, 11) is 0. The van der Waals surface area contributed by atoms with E-state index in [1.165, 1.54) is 11.8 Å². The lowest BCUT2D eigenvalue weighted by atomic mass is 10.4. The fourth-order valence-corrected chi connectivity index (χ4v) is 1.87. The summed E-state index contributed by atoms with van der Waals surface area (Å²) in [5.41, 5.74) is 10.2. The van der Waals surface area contributed by atoms with Gasteiger partial charge >= 0.3 is 6.03 Å². The van der Waals surface area contributed by atoms with Crippen LogP contribution < -0.4 is 11.5 Å². The molecule has 0 fully saturated rings. The zero-order valence-corrected chi connectivity index (χ0v) is 7.67. The minimum atomic E-state index is -0.596. The molecule has 6 heteroatoms. The van der Waals surface area contributed by atoms with E-state index in [-0.39, 0.29) is 0 Å². The molecule has 2 amide bonds. The molecule has 12 heavy (non-hydrogen) atoms. The lowest BCUT2D eigenvalue weighted by Gasteiger charge is -2.12. The van der Waals surface area contributed by atoms with Crippen LogP contribution >= 0.6 is 11.8 Å². The molecule has 0 saturated heterocycles. The Bertz CT molecular complexity index is 218. The van der Waals surface area contributed by atoms with Crippen LogP contribution in [0.15, 0.2) is 5.10 Å². The normalized spacial score (nSPS) is 22.7. The number of primary amides is 1. The first-order valence-electron chi connectivity index (χ1n) is 3.73. The van der Waals surface area contributed by atoms with Gasteiger partial charge in [-0.05, 0) is 12.8 Å². The Kier molecular flexibility index (Phi) is 2.93. The molecule has 1 aliphatic heterocycles. The van der Waals surface area contributed by atoms with Crippen LogP contribution in [0.5, 0.6) is 0 Å². The highest BCUT2D eigenvalue weighted by Gasteiger charge is 2.26. The molecule has 0 aromatic rings. The van der Waals surface area contributed by atoms with Crippen LogP contribution in [-0.2, 0) is 0 Å². The largest absolute Gasteiger partial charge is 0.350 e. The van der Waals surface area contributed by atoms with Gasteiger partial charge in [-0.15, -0.1) is 0 Å². The number of carbonyl (C=O) groups excluding carboxylic acids is 1. The highest BCUT2D eigenvalue weighted by molar-refractivity contribution is 8.14. The van der Waals surface area contributed by atoms with Gasteiger partial charge in [0.2, 0.25) is 0 Å². The van der Waals surface area contributed by atoms with E-state index in [4.69, 9.17) is 11.5 Å². The number of carbonyl (C=O) groups is 1. The number of hydrogen-bond donors (Lipinski definition) is 2. The van der Waals surface area contributed by atoms with Crippen LogP contribution in [0.1, 0.15) is 19.8 Å². The molecule has 0 radical (unpaired) electrons. The van der Waals surface area contributed by atoms with E-state index in [1.807, 2.05) is 6.92 Å². The quantitative estimate of drug-likeness (QED) is 0.660. The number of hydrazone groups is 1. The highest BCUT2D eigenvalue weighted by atomic mass is 32.2. The van der Waals surface area contributed by atoms with E-state index in [0.717, 1.165) is 22.9 Å². The second kappa shape index (κ2) is 3.77. The average molecular weight is 188 g/mol. The summed E-state index contributed by atoms with van der Waals surface area (Å²) in [6.45, 7) is 2.04. The summed E-state index contributed by atoms with van der Waals surface area (Å²) in [6, 6.07) is -0.596. The molecular formula is C6H12N4OS. The van der Waals surface area contributed by atoms with E-state index >= 15 is 0 Å². The van der Waals surface area contributed by atoms with E-state index in [2.05, 4.69) is 5.10 Å². The zero-order valence-electron chi connectivity index (χ0n) is 6.86. The van der Waals surface area contributed by atoms with Gasteiger partial charge in [-0.2, -0.15) is 10.1 Å². The maximum absolute atomic E-state index is 10.7. The van der Waals surface area contributed by atoms with Crippen LogP contribution in [0, 0.1) is 0 Å². The van der Waals surface area contributed by atoms with Crippen molar-refractivity contribution >= 4 is 22.8 Å². The maximum Gasteiger partial charge on any atom is 0.337 e. The highest BCUT2D eigenvalue weighted by Crippen LogP contribution is 2.24.